The first-order valence-electron chi connectivity index (χ1n) is 10.2. The van der Waals surface area contributed by atoms with E-state index in [1.54, 1.807) is 4.90 Å². The van der Waals surface area contributed by atoms with E-state index in [1.807, 2.05) is 18.2 Å². The minimum Gasteiger partial charge on any atom is -0.465 e. The fraction of sp³-hybridized carbons (Fsp3) is 0.240. The lowest BCUT2D eigenvalue weighted by Gasteiger charge is -2.40. The van der Waals surface area contributed by atoms with Crippen LogP contribution in [0.3, 0.4) is 0 Å². The van der Waals surface area contributed by atoms with E-state index < -0.39 is 6.09 Å². The molecule has 2 heterocycles. The molecule has 2 N–H and O–H groups in total. The Bertz CT molecular complexity index is 1030. The summed E-state index contributed by atoms with van der Waals surface area (Å²) < 4.78 is 0. The van der Waals surface area contributed by atoms with Crippen molar-refractivity contribution in [1.29, 1.82) is 0 Å². The molecule has 2 aliphatic heterocycles. The van der Waals surface area contributed by atoms with Gasteiger partial charge in [-0.05, 0) is 41.2 Å². The summed E-state index contributed by atoms with van der Waals surface area (Å²) in [6.07, 6.45) is 0.907. The van der Waals surface area contributed by atoms with Gasteiger partial charge in [0.15, 0.2) is 0 Å². The summed E-state index contributed by atoms with van der Waals surface area (Å²) >= 11 is 0. The van der Waals surface area contributed by atoms with Gasteiger partial charge in [-0.25, -0.2) is 4.79 Å². The molecule has 2 aliphatic rings. The monoisotopic (exact) mass is 384 g/mol. The molecule has 0 bridgehead atoms. The van der Waals surface area contributed by atoms with E-state index in [4.69, 9.17) is 0 Å². The smallest absolute Gasteiger partial charge is 0.407 e. The third-order valence-corrected chi connectivity index (χ3v) is 6.34. The number of likely N-dealkylation sites (tertiary alicyclic amines) is 1. The maximum absolute atomic E-state index is 11.9. The Kier molecular flexibility index (Phi) is 4.47. The van der Waals surface area contributed by atoms with E-state index in [-0.39, 0.29) is 18.0 Å². The Morgan fingerprint density at radius 2 is 1.62 bits per heavy atom. The summed E-state index contributed by atoms with van der Waals surface area (Å²) in [5.74, 6) is 0.220. The average molecular weight is 384 g/mol. The van der Waals surface area contributed by atoms with Gasteiger partial charge in [0, 0.05) is 18.2 Å². The quantitative estimate of drug-likeness (QED) is 0.628. The minimum absolute atomic E-state index is 0.0964. The van der Waals surface area contributed by atoms with Gasteiger partial charge in [0.05, 0.1) is 12.1 Å². The number of fused-ring (bicyclic) bond motifs is 3. The number of hydrogen-bond acceptors (Lipinski definition) is 2. The molecule has 1 saturated heterocycles. The summed E-state index contributed by atoms with van der Waals surface area (Å²) in [4.78, 5) is 13.5. The van der Waals surface area contributed by atoms with E-state index in [9.17, 15) is 9.90 Å². The fourth-order valence-electron chi connectivity index (χ4n) is 5.06. The van der Waals surface area contributed by atoms with Gasteiger partial charge in [-0.2, -0.15) is 0 Å². The first kappa shape index (κ1) is 17.8. The maximum Gasteiger partial charge on any atom is 0.407 e. The van der Waals surface area contributed by atoms with Crippen molar-refractivity contribution in [2.75, 3.05) is 11.9 Å². The van der Waals surface area contributed by atoms with E-state index in [0.717, 1.165) is 24.1 Å². The molecule has 3 aromatic carbocycles. The number of benzene rings is 3. The number of carboxylic acid groups (broad SMARTS) is 1. The van der Waals surface area contributed by atoms with Crippen LogP contribution in [0.4, 0.5) is 10.5 Å². The number of amides is 1. The number of anilines is 1. The Morgan fingerprint density at radius 3 is 2.41 bits per heavy atom. The number of nitrogens with one attached hydrogen (secondary N) is 1. The zero-order valence-electron chi connectivity index (χ0n) is 16.2. The molecule has 3 aromatic rings. The zero-order chi connectivity index (χ0) is 19.8. The van der Waals surface area contributed by atoms with Gasteiger partial charge in [-0.3, -0.25) is 0 Å². The van der Waals surface area contributed by atoms with Crippen LogP contribution in [-0.2, 0) is 6.42 Å². The predicted molar refractivity (Wildman–Crippen MR) is 114 cm³/mol. The van der Waals surface area contributed by atoms with Crippen molar-refractivity contribution in [1.82, 2.24) is 4.90 Å². The second-order valence-electron chi connectivity index (χ2n) is 7.94. The predicted octanol–water partition coefficient (Wildman–Crippen LogP) is 5.49. The summed E-state index contributed by atoms with van der Waals surface area (Å²) in [5, 5.41) is 13.5. The largest absolute Gasteiger partial charge is 0.465 e. The van der Waals surface area contributed by atoms with Crippen molar-refractivity contribution in [3.8, 4) is 0 Å². The highest BCUT2D eigenvalue weighted by Gasteiger charge is 2.46. The molecular formula is C25H24N2O2. The SMILES string of the molecule is O=C(O)N1CC[C@@H]2[C@H](c3ccccc3Cc3ccccc3)Nc3ccccc3[C@@H]21. The van der Waals surface area contributed by atoms with Crippen molar-refractivity contribution in [2.45, 2.75) is 24.9 Å². The number of para-hydroxylation sites is 1. The molecule has 0 saturated carbocycles. The lowest BCUT2D eigenvalue weighted by molar-refractivity contribution is 0.132. The molecule has 1 fully saturated rings. The molecule has 5 rings (SSSR count). The van der Waals surface area contributed by atoms with Crippen molar-refractivity contribution in [2.24, 2.45) is 5.92 Å². The Balaban J connectivity index is 1.57. The van der Waals surface area contributed by atoms with Gasteiger partial charge in [0.25, 0.3) is 0 Å². The van der Waals surface area contributed by atoms with Gasteiger partial charge in [-0.1, -0.05) is 72.8 Å². The highest BCUT2D eigenvalue weighted by atomic mass is 16.4. The van der Waals surface area contributed by atoms with Gasteiger partial charge in [0.2, 0.25) is 0 Å². The summed E-state index contributed by atoms with van der Waals surface area (Å²) in [5.41, 5.74) is 5.98. The van der Waals surface area contributed by atoms with Crippen LogP contribution in [0.2, 0.25) is 0 Å². The van der Waals surface area contributed by atoms with E-state index in [1.165, 1.54) is 16.7 Å². The topological polar surface area (TPSA) is 52.6 Å². The third-order valence-electron chi connectivity index (χ3n) is 6.34. The van der Waals surface area contributed by atoms with E-state index in [0.29, 0.717) is 6.54 Å². The number of rotatable bonds is 3. The summed E-state index contributed by atoms with van der Waals surface area (Å²) in [6, 6.07) is 27.2. The molecule has 3 atom stereocenters. The normalized spacial score (nSPS) is 22.5. The molecule has 4 nitrogen and oxygen atoms in total. The van der Waals surface area contributed by atoms with E-state index in [2.05, 4.69) is 66.0 Å². The standard InChI is InChI=1S/C25H24N2O2/c28-25(29)27-15-14-21-23(26-22-13-7-6-12-20(22)24(21)27)19-11-5-4-10-18(19)16-17-8-2-1-3-9-17/h1-13,21,23-24,26H,14-16H2,(H,28,29)/t21-,23+,24+/m1/s1. The first-order chi connectivity index (χ1) is 14.2. The highest BCUT2D eigenvalue weighted by Crippen LogP contribution is 2.51. The Labute approximate surface area is 170 Å². The molecule has 0 unspecified atom stereocenters. The van der Waals surface area contributed by atoms with E-state index >= 15 is 0 Å². The van der Waals surface area contributed by atoms with Gasteiger partial charge >= 0.3 is 6.09 Å². The second-order valence-corrected chi connectivity index (χ2v) is 7.94. The van der Waals surface area contributed by atoms with Crippen LogP contribution in [0, 0.1) is 5.92 Å². The van der Waals surface area contributed by atoms with Gasteiger partial charge in [0.1, 0.15) is 0 Å². The van der Waals surface area contributed by atoms with Crippen molar-refractivity contribution < 1.29 is 9.90 Å². The van der Waals surface area contributed by atoms with Crippen molar-refractivity contribution >= 4 is 11.8 Å². The number of nitrogens with zero attached hydrogens (tertiary/aromatic N) is 1. The Hall–Kier alpha value is -3.27. The molecule has 29 heavy (non-hydrogen) atoms. The lowest BCUT2D eigenvalue weighted by Crippen LogP contribution is -2.37. The molecule has 0 radical (unpaired) electrons. The average Bonchev–Trinajstić information content (AvgIpc) is 3.20. The maximum atomic E-state index is 11.9. The van der Waals surface area contributed by atoms with Crippen LogP contribution < -0.4 is 5.32 Å². The van der Waals surface area contributed by atoms with Crippen molar-refractivity contribution in [3.05, 3.63) is 101 Å². The molecule has 0 aliphatic carbocycles. The highest BCUT2D eigenvalue weighted by molar-refractivity contribution is 5.69. The van der Waals surface area contributed by atoms with Gasteiger partial charge in [-0.15, -0.1) is 0 Å². The molecule has 0 spiro atoms. The molecule has 1 amide bonds. The van der Waals surface area contributed by atoms with Crippen LogP contribution in [0.1, 0.15) is 40.8 Å². The molecule has 146 valence electrons. The van der Waals surface area contributed by atoms with Crippen LogP contribution in [0.5, 0.6) is 0 Å². The van der Waals surface area contributed by atoms with Crippen LogP contribution in [0.25, 0.3) is 0 Å². The van der Waals surface area contributed by atoms with Crippen LogP contribution in [0.15, 0.2) is 78.9 Å². The number of hydrogen-bond donors (Lipinski definition) is 2. The minimum atomic E-state index is -0.828. The fourth-order valence-corrected chi connectivity index (χ4v) is 5.06. The summed E-state index contributed by atoms with van der Waals surface area (Å²) in [6.45, 7) is 0.581. The Morgan fingerprint density at radius 1 is 0.931 bits per heavy atom. The molecule has 4 heteroatoms. The first-order valence-corrected chi connectivity index (χ1v) is 10.2. The van der Waals surface area contributed by atoms with Crippen LogP contribution in [-0.4, -0.2) is 22.6 Å². The molecular weight excluding hydrogens is 360 g/mol. The number of carbonyl (C=O) groups is 1. The van der Waals surface area contributed by atoms with Crippen molar-refractivity contribution in [3.63, 3.8) is 0 Å². The second kappa shape index (κ2) is 7.28. The van der Waals surface area contributed by atoms with Gasteiger partial charge < -0.3 is 15.3 Å². The lowest BCUT2D eigenvalue weighted by atomic mass is 9.78. The molecule has 0 aromatic heterocycles. The van der Waals surface area contributed by atoms with Crippen LogP contribution >= 0.6 is 0 Å². The third kappa shape index (κ3) is 3.15. The zero-order valence-corrected chi connectivity index (χ0v) is 16.2. The summed E-state index contributed by atoms with van der Waals surface area (Å²) in [7, 11) is 0.